The molecular weight excluding hydrogens is 222 g/mol. The first kappa shape index (κ1) is 13.1. The fourth-order valence-electron chi connectivity index (χ4n) is 2.88. The molecule has 2 unspecified atom stereocenters. The van der Waals surface area contributed by atoms with E-state index in [2.05, 4.69) is 12.2 Å². The lowest BCUT2D eigenvalue weighted by atomic mass is 9.96. The average molecular weight is 245 g/mol. The van der Waals surface area contributed by atoms with E-state index in [1.54, 1.807) is 0 Å². The van der Waals surface area contributed by atoms with Crippen molar-refractivity contribution >= 4 is 5.91 Å². The lowest BCUT2D eigenvalue weighted by molar-refractivity contribution is 0.0926. The molecule has 0 saturated heterocycles. The third-order valence-corrected chi connectivity index (χ3v) is 3.94. The van der Waals surface area contributed by atoms with Crippen molar-refractivity contribution in [2.75, 3.05) is 0 Å². The van der Waals surface area contributed by atoms with Crippen LogP contribution in [0.3, 0.4) is 0 Å². The molecule has 1 aliphatic carbocycles. The highest BCUT2D eigenvalue weighted by atomic mass is 16.1. The van der Waals surface area contributed by atoms with Crippen LogP contribution < -0.4 is 5.32 Å². The maximum atomic E-state index is 12.1. The molecule has 0 radical (unpaired) electrons. The summed E-state index contributed by atoms with van der Waals surface area (Å²) >= 11 is 0. The Bertz CT molecular complexity index is 374. The highest BCUT2D eigenvalue weighted by Gasteiger charge is 2.27. The Morgan fingerprint density at radius 1 is 1.28 bits per heavy atom. The minimum absolute atomic E-state index is 0.0870. The summed E-state index contributed by atoms with van der Waals surface area (Å²) in [6.45, 7) is 2.23. The van der Waals surface area contributed by atoms with E-state index in [9.17, 15) is 4.79 Å². The molecule has 1 fully saturated rings. The molecule has 2 heteroatoms. The zero-order chi connectivity index (χ0) is 12.8. The van der Waals surface area contributed by atoms with Gasteiger partial charge in [0.1, 0.15) is 0 Å². The number of hydrogen-bond donors (Lipinski definition) is 1. The van der Waals surface area contributed by atoms with Gasteiger partial charge in [-0.25, -0.2) is 0 Å². The zero-order valence-corrected chi connectivity index (χ0v) is 11.2. The summed E-state index contributed by atoms with van der Waals surface area (Å²) in [5.74, 6) is 0.779. The van der Waals surface area contributed by atoms with Crippen LogP contribution in [0.4, 0.5) is 0 Å². The summed E-state index contributed by atoms with van der Waals surface area (Å²) in [5.41, 5.74) is 0.777. The number of hydrogen-bond acceptors (Lipinski definition) is 1. The molecule has 2 nitrogen and oxygen atoms in total. The van der Waals surface area contributed by atoms with Crippen LogP contribution in [0.2, 0.25) is 0 Å². The van der Waals surface area contributed by atoms with Crippen LogP contribution in [0.1, 0.15) is 55.8 Å². The van der Waals surface area contributed by atoms with E-state index in [0.29, 0.717) is 12.0 Å². The molecule has 1 aromatic carbocycles. The first-order valence-electron chi connectivity index (χ1n) is 7.17. The molecule has 2 rings (SSSR count). The molecular formula is C16H23NO. The summed E-state index contributed by atoms with van der Waals surface area (Å²) in [5, 5.41) is 3.22. The standard InChI is InChI=1S/C16H23NO/c1-2-3-8-13-11-7-12-15(13)17-16(18)14-9-5-4-6-10-14/h4-6,9-10,13,15H,2-3,7-8,11-12H2,1H3,(H,17,18). The van der Waals surface area contributed by atoms with Crippen molar-refractivity contribution in [1.82, 2.24) is 5.32 Å². The fourth-order valence-corrected chi connectivity index (χ4v) is 2.88. The Morgan fingerprint density at radius 3 is 2.78 bits per heavy atom. The van der Waals surface area contributed by atoms with Gasteiger partial charge in [-0.1, -0.05) is 44.4 Å². The number of nitrogens with one attached hydrogen (secondary N) is 1. The van der Waals surface area contributed by atoms with E-state index in [0.717, 1.165) is 12.0 Å². The number of benzene rings is 1. The number of amides is 1. The van der Waals surface area contributed by atoms with Gasteiger partial charge in [0.2, 0.25) is 0 Å². The van der Waals surface area contributed by atoms with Gasteiger partial charge < -0.3 is 5.32 Å². The van der Waals surface area contributed by atoms with Crippen LogP contribution in [-0.2, 0) is 0 Å². The lowest BCUT2D eigenvalue weighted by Crippen LogP contribution is -2.37. The molecule has 2 atom stereocenters. The largest absolute Gasteiger partial charge is 0.349 e. The van der Waals surface area contributed by atoms with E-state index in [1.807, 2.05) is 30.3 Å². The normalized spacial score (nSPS) is 22.9. The topological polar surface area (TPSA) is 29.1 Å². The van der Waals surface area contributed by atoms with Crippen molar-refractivity contribution in [3.05, 3.63) is 35.9 Å². The molecule has 0 bridgehead atoms. The molecule has 0 aromatic heterocycles. The minimum atomic E-state index is 0.0870. The van der Waals surface area contributed by atoms with Crippen molar-refractivity contribution in [3.63, 3.8) is 0 Å². The summed E-state index contributed by atoms with van der Waals surface area (Å²) in [6.07, 6.45) is 7.47. The van der Waals surface area contributed by atoms with Gasteiger partial charge in [-0.3, -0.25) is 4.79 Å². The van der Waals surface area contributed by atoms with Gasteiger partial charge in [0.05, 0.1) is 0 Å². The smallest absolute Gasteiger partial charge is 0.251 e. The van der Waals surface area contributed by atoms with Crippen molar-refractivity contribution in [3.8, 4) is 0 Å². The Hall–Kier alpha value is -1.31. The maximum absolute atomic E-state index is 12.1. The number of carbonyl (C=O) groups is 1. The van der Waals surface area contributed by atoms with Gasteiger partial charge in [-0.2, -0.15) is 0 Å². The number of rotatable bonds is 5. The Labute approximate surface area is 110 Å². The van der Waals surface area contributed by atoms with Crippen molar-refractivity contribution in [1.29, 1.82) is 0 Å². The molecule has 18 heavy (non-hydrogen) atoms. The van der Waals surface area contributed by atoms with E-state index >= 15 is 0 Å². The molecule has 1 aromatic rings. The van der Waals surface area contributed by atoms with Crippen LogP contribution in [-0.4, -0.2) is 11.9 Å². The van der Waals surface area contributed by atoms with E-state index in [-0.39, 0.29) is 5.91 Å². The molecule has 1 saturated carbocycles. The fraction of sp³-hybridized carbons (Fsp3) is 0.562. The van der Waals surface area contributed by atoms with Crippen molar-refractivity contribution in [2.45, 2.75) is 51.5 Å². The molecule has 1 N–H and O–H groups in total. The summed E-state index contributed by atoms with van der Waals surface area (Å²) in [4.78, 5) is 12.1. The first-order valence-corrected chi connectivity index (χ1v) is 7.17. The Kier molecular flexibility index (Phi) is 4.80. The van der Waals surface area contributed by atoms with Gasteiger partial charge >= 0.3 is 0 Å². The maximum Gasteiger partial charge on any atom is 0.251 e. The number of carbonyl (C=O) groups excluding carboxylic acids is 1. The highest BCUT2D eigenvalue weighted by Crippen LogP contribution is 2.30. The SMILES string of the molecule is CCCCC1CCCC1NC(=O)c1ccccc1. The molecule has 0 heterocycles. The van der Waals surface area contributed by atoms with Crippen LogP contribution in [0.5, 0.6) is 0 Å². The molecule has 1 aliphatic rings. The van der Waals surface area contributed by atoms with E-state index in [4.69, 9.17) is 0 Å². The van der Waals surface area contributed by atoms with Gasteiger partial charge in [0, 0.05) is 11.6 Å². The predicted octanol–water partition coefficient (Wildman–Crippen LogP) is 3.78. The average Bonchev–Trinajstić information content (AvgIpc) is 2.84. The molecule has 0 aliphatic heterocycles. The van der Waals surface area contributed by atoms with Crippen LogP contribution >= 0.6 is 0 Å². The minimum Gasteiger partial charge on any atom is -0.349 e. The van der Waals surface area contributed by atoms with Crippen LogP contribution in [0, 0.1) is 5.92 Å². The highest BCUT2D eigenvalue weighted by molar-refractivity contribution is 5.94. The van der Waals surface area contributed by atoms with Crippen molar-refractivity contribution in [2.24, 2.45) is 5.92 Å². The quantitative estimate of drug-likeness (QED) is 0.840. The van der Waals surface area contributed by atoms with Crippen molar-refractivity contribution < 1.29 is 4.79 Å². The summed E-state index contributed by atoms with van der Waals surface area (Å²) < 4.78 is 0. The first-order chi connectivity index (χ1) is 8.81. The third-order valence-electron chi connectivity index (χ3n) is 3.94. The lowest BCUT2D eigenvalue weighted by Gasteiger charge is -2.20. The third kappa shape index (κ3) is 3.34. The zero-order valence-electron chi connectivity index (χ0n) is 11.2. The van der Waals surface area contributed by atoms with Crippen LogP contribution in [0.15, 0.2) is 30.3 Å². The van der Waals surface area contributed by atoms with Gasteiger partial charge in [-0.05, 0) is 37.3 Å². The second-order valence-electron chi connectivity index (χ2n) is 5.28. The summed E-state index contributed by atoms with van der Waals surface area (Å²) in [6, 6.07) is 9.92. The Morgan fingerprint density at radius 2 is 2.06 bits per heavy atom. The van der Waals surface area contributed by atoms with Crippen LogP contribution in [0.25, 0.3) is 0 Å². The van der Waals surface area contributed by atoms with E-state index in [1.165, 1.54) is 32.1 Å². The molecule has 98 valence electrons. The predicted molar refractivity (Wildman–Crippen MR) is 74.6 cm³/mol. The molecule has 0 spiro atoms. The van der Waals surface area contributed by atoms with Gasteiger partial charge in [0.25, 0.3) is 5.91 Å². The van der Waals surface area contributed by atoms with Gasteiger partial charge in [0.15, 0.2) is 0 Å². The molecule has 1 amide bonds. The second-order valence-corrected chi connectivity index (χ2v) is 5.28. The second kappa shape index (κ2) is 6.58. The Balaban J connectivity index is 1.90. The number of unbranched alkanes of at least 4 members (excludes halogenated alkanes) is 1. The van der Waals surface area contributed by atoms with E-state index < -0.39 is 0 Å². The van der Waals surface area contributed by atoms with Gasteiger partial charge in [-0.15, -0.1) is 0 Å². The summed E-state index contributed by atoms with van der Waals surface area (Å²) in [7, 11) is 0. The monoisotopic (exact) mass is 245 g/mol.